The molecule has 0 aliphatic rings. The predicted octanol–water partition coefficient (Wildman–Crippen LogP) is 3.55. The van der Waals surface area contributed by atoms with Gasteiger partial charge in [-0.1, -0.05) is 24.3 Å². The lowest BCUT2D eigenvalue weighted by molar-refractivity contribution is 0.698. The summed E-state index contributed by atoms with van der Waals surface area (Å²) >= 11 is 2.37. The quantitative estimate of drug-likeness (QED) is 0.859. The highest BCUT2D eigenvalue weighted by molar-refractivity contribution is 14.1. The maximum Gasteiger partial charge on any atom is 0.0451 e. The van der Waals surface area contributed by atoms with Crippen molar-refractivity contribution in [3.05, 3.63) is 62.5 Å². The number of benzene rings is 1. The van der Waals surface area contributed by atoms with Crippen LogP contribution in [0, 0.1) is 17.4 Å². The number of aromatic nitrogens is 1. The van der Waals surface area contributed by atoms with Gasteiger partial charge in [0.2, 0.25) is 0 Å². The van der Waals surface area contributed by atoms with Crippen molar-refractivity contribution in [2.75, 3.05) is 0 Å². The van der Waals surface area contributed by atoms with Gasteiger partial charge in [-0.05, 0) is 59.2 Å². The fourth-order valence-electron chi connectivity index (χ4n) is 2.01. The van der Waals surface area contributed by atoms with Crippen molar-refractivity contribution >= 4 is 22.6 Å². The maximum absolute atomic E-state index is 6.32. The second-order valence-electron chi connectivity index (χ2n) is 4.56. The van der Waals surface area contributed by atoms with Crippen LogP contribution in [0.1, 0.15) is 28.4 Å². The minimum atomic E-state index is 0.00500. The topological polar surface area (TPSA) is 38.9 Å². The Morgan fingerprint density at radius 3 is 2.61 bits per heavy atom. The van der Waals surface area contributed by atoms with E-state index < -0.39 is 0 Å². The average molecular weight is 352 g/mol. The summed E-state index contributed by atoms with van der Waals surface area (Å²) < 4.78 is 1.26. The first kappa shape index (κ1) is 13.5. The van der Waals surface area contributed by atoms with Gasteiger partial charge in [-0.25, -0.2) is 0 Å². The maximum atomic E-state index is 6.32. The zero-order chi connectivity index (χ0) is 13.1. The highest BCUT2D eigenvalue weighted by Gasteiger charge is 2.13. The zero-order valence-corrected chi connectivity index (χ0v) is 12.8. The van der Waals surface area contributed by atoms with Crippen LogP contribution in [-0.2, 0) is 6.42 Å². The Kier molecular flexibility index (Phi) is 4.35. The van der Waals surface area contributed by atoms with Crippen molar-refractivity contribution in [1.29, 1.82) is 0 Å². The Bertz CT molecular complexity index is 552. The number of pyridine rings is 1. The zero-order valence-electron chi connectivity index (χ0n) is 10.7. The van der Waals surface area contributed by atoms with E-state index in [0.717, 1.165) is 12.1 Å². The number of halogens is 1. The van der Waals surface area contributed by atoms with Crippen molar-refractivity contribution < 1.29 is 0 Å². The first-order valence-electron chi connectivity index (χ1n) is 6.00. The van der Waals surface area contributed by atoms with Crippen molar-refractivity contribution in [1.82, 2.24) is 4.98 Å². The summed E-state index contributed by atoms with van der Waals surface area (Å²) in [5.41, 5.74) is 11.1. The summed E-state index contributed by atoms with van der Waals surface area (Å²) in [6.07, 6.45) is 2.61. The molecule has 0 spiro atoms. The van der Waals surface area contributed by atoms with Crippen LogP contribution in [0.3, 0.4) is 0 Å². The van der Waals surface area contributed by atoms with E-state index in [4.69, 9.17) is 5.73 Å². The standard InChI is InChI=1S/C15H17IN2/c1-10-6-4-8-18-14(10)9-13(17)12-7-3-5-11(2)15(12)16/h3-8,13H,9,17H2,1-2H3. The minimum Gasteiger partial charge on any atom is -0.324 e. The molecule has 0 saturated carbocycles. The first-order valence-corrected chi connectivity index (χ1v) is 7.08. The molecule has 0 fully saturated rings. The molecule has 0 amide bonds. The average Bonchev–Trinajstić information content (AvgIpc) is 2.35. The third-order valence-electron chi connectivity index (χ3n) is 3.15. The summed E-state index contributed by atoms with van der Waals surface area (Å²) in [4.78, 5) is 4.41. The Labute approximate surface area is 122 Å². The van der Waals surface area contributed by atoms with Crippen LogP contribution in [-0.4, -0.2) is 4.98 Å². The predicted molar refractivity (Wildman–Crippen MR) is 83.5 cm³/mol. The summed E-state index contributed by atoms with van der Waals surface area (Å²) in [7, 11) is 0. The van der Waals surface area contributed by atoms with E-state index in [2.05, 4.69) is 65.7 Å². The lowest BCUT2D eigenvalue weighted by Gasteiger charge is -2.16. The largest absolute Gasteiger partial charge is 0.324 e. The van der Waals surface area contributed by atoms with Gasteiger partial charge in [0.05, 0.1) is 0 Å². The molecule has 2 rings (SSSR count). The molecule has 1 heterocycles. The van der Waals surface area contributed by atoms with Crippen LogP contribution in [0.2, 0.25) is 0 Å². The van der Waals surface area contributed by atoms with Gasteiger partial charge in [0, 0.05) is 27.9 Å². The molecule has 1 aromatic heterocycles. The fraction of sp³-hybridized carbons (Fsp3) is 0.267. The second-order valence-corrected chi connectivity index (χ2v) is 5.63. The number of nitrogens with two attached hydrogens (primary N) is 1. The second kappa shape index (κ2) is 5.80. The van der Waals surface area contributed by atoms with Gasteiger partial charge in [-0.3, -0.25) is 4.98 Å². The minimum absolute atomic E-state index is 0.00500. The van der Waals surface area contributed by atoms with Crippen LogP contribution in [0.25, 0.3) is 0 Å². The smallest absolute Gasteiger partial charge is 0.0451 e. The molecular formula is C15H17IN2. The normalized spacial score (nSPS) is 12.4. The van der Waals surface area contributed by atoms with Crippen molar-refractivity contribution in [3.63, 3.8) is 0 Å². The molecule has 0 aliphatic heterocycles. The Morgan fingerprint density at radius 2 is 1.89 bits per heavy atom. The molecule has 0 saturated heterocycles. The third-order valence-corrected chi connectivity index (χ3v) is 4.63. The molecule has 1 atom stereocenters. The molecule has 0 radical (unpaired) electrons. The van der Waals surface area contributed by atoms with E-state index >= 15 is 0 Å². The Balaban J connectivity index is 2.25. The molecule has 1 aromatic carbocycles. The van der Waals surface area contributed by atoms with Crippen LogP contribution < -0.4 is 5.73 Å². The van der Waals surface area contributed by atoms with Crippen molar-refractivity contribution in [2.24, 2.45) is 5.73 Å². The molecule has 0 aliphatic carbocycles. The number of hydrogen-bond acceptors (Lipinski definition) is 2. The molecule has 2 N–H and O–H groups in total. The van der Waals surface area contributed by atoms with Crippen LogP contribution in [0.5, 0.6) is 0 Å². The molecular weight excluding hydrogens is 335 g/mol. The van der Waals surface area contributed by atoms with Crippen molar-refractivity contribution in [3.8, 4) is 0 Å². The molecule has 2 aromatic rings. The number of hydrogen-bond donors (Lipinski definition) is 1. The Hall–Kier alpha value is -0.940. The molecule has 0 bridgehead atoms. The van der Waals surface area contributed by atoms with Crippen molar-refractivity contribution in [2.45, 2.75) is 26.3 Å². The number of aryl methyl sites for hydroxylation is 2. The van der Waals surface area contributed by atoms with Gasteiger partial charge in [0.25, 0.3) is 0 Å². The molecule has 3 heteroatoms. The summed E-state index contributed by atoms with van der Waals surface area (Å²) in [5.74, 6) is 0. The van der Waals surface area contributed by atoms with Crippen LogP contribution >= 0.6 is 22.6 Å². The number of rotatable bonds is 3. The molecule has 2 nitrogen and oxygen atoms in total. The number of nitrogens with zero attached hydrogens (tertiary/aromatic N) is 1. The lowest BCUT2D eigenvalue weighted by Crippen LogP contribution is -2.16. The van der Waals surface area contributed by atoms with Gasteiger partial charge in [0.1, 0.15) is 0 Å². The monoisotopic (exact) mass is 352 g/mol. The van der Waals surface area contributed by atoms with Gasteiger partial charge in [0.15, 0.2) is 0 Å². The Morgan fingerprint density at radius 1 is 1.17 bits per heavy atom. The van der Waals surface area contributed by atoms with E-state index in [9.17, 15) is 0 Å². The highest BCUT2D eigenvalue weighted by Crippen LogP contribution is 2.24. The SMILES string of the molecule is Cc1cccnc1CC(N)c1cccc(C)c1I. The molecule has 18 heavy (non-hydrogen) atoms. The van der Waals surface area contributed by atoms with E-state index in [0.29, 0.717) is 0 Å². The van der Waals surface area contributed by atoms with Gasteiger partial charge < -0.3 is 5.73 Å². The molecule has 94 valence electrons. The molecule has 1 unspecified atom stereocenters. The van der Waals surface area contributed by atoms with Gasteiger partial charge in [-0.15, -0.1) is 0 Å². The summed E-state index contributed by atoms with van der Waals surface area (Å²) in [6.45, 7) is 4.19. The first-order chi connectivity index (χ1) is 8.59. The third kappa shape index (κ3) is 2.90. The van der Waals surface area contributed by atoms with Gasteiger partial charge >= 0.3 is 0 Å². The van der Waals surface area contributed by atoms with E-state index in [1.54, 1.807) is 0 Å². The highest BCUT2D eigenvalue weighted by atomic mass is 127. The fourth-order valence-corrected chi connectivity index (χ4v) is 2.77. The van der Waals surface area contributed by atoms with Crippen LogP contribution in [0.15, 0.2) is 36.5 Å². The van der Waals surface area contributed by atoms with E-state index in [1.807, 2.05) is 12.3 Å². The summed E-state index contributed by atoms with van der Waals surface area (Å²) in [5, 5.41) is 0. The van der Waals surface area contributed by atoms with Gasteiger partial charge in [-0.2, -0.15) is 0 Å². The van der Waals surface area contributed by atoms with E-state index in [-0.39, 0.29) is 6.04 Å². The van der Waals surface area contributed by atoms with E-state index in [1.165, 1.54) is 20.3 Å². The van der Waals surface area contributed by atoms with Crippen LogP contribution in [0.4, 0.5) is 0 Å². The summed E-state index contributed by atoms with van der Waals surface area (Å²) in [6, 6.07) is 10.3. The lowest BCUT2D eigenvalue weighted by atomic mass is 9.99.